The second-order valence-electron chi connectivity index (χ2n) is 5.99. The molecule has 0 unspecified atom stereocenters. The van der Waals surface area contributed by atoms with Crippen LogP contribution in [0, 0.1) is 0 Å². The molecule has 3 rings (SSSR count). The lowest BCUT2D eigenvalue weighted by atomic mass is 10.2. The van der Waals surface area contributed by atoms with Crippen LogP contribution in [0.1, 0.15) is 12.8 Å². The van der Waals surface area contributed by atoms with Gasteiger partial charge >= 0.3 is 0 Å². The summed E-state index contributed by atoms with van der Waals surface area (Å²) in [5.41, 5.74) is 0.496. The molecule has 1 aromatic carbocycles. The van der Waals surface area contributed by atoms with Crippen LogP contribution in [0.15, 0.2) is 35.4 Å². The van der Waals surface area contributed by atoms with Gasteiger partial charge in [0.05, 0.1) is 36.0 Å². The Morgan fingerprint density at radius 2 is 2.21 bits per heavy atom. The first-order valence-electron chi connectivity index (χ1n) is 8.01. The van der Waals surface area contributed by atoms with Gasteiger partial charge in [-0.1, -0.05) is 12.1 Å². The van der Waals surface area contributed by atoms with E-state index in [2.05, 4.69) is 4.98 Å². The van der Waals surface area contributed by atoms with E-state index in [9.17, 15) is 14.7 Å². The van der Waals surface area contributed by atoms with Gasteiger partial charge in [0.25, 0.3) is 5.56 Å². The normalized spacial score (nSPS) is 20.7. The SMILES string of the molecule is CO[C@H]1C[C@@H](CO)N(C(=O)CCn2cnc3ccccc3c2=O)C1. The zero-order chi connectivity index (χ0) is 17.1. The number of aryl methyl sites for hydroxylation is 1. The number of fused-ring (bicyclic) bond motifs is 1. The maximum Gasteiger partial charge on any atom is 0.261 e. The fraction of sp³-hybridized carbons (Fsp3) is 0.471. The van der Waals surface area contributed by atoms with E-state index in [4.69, 9.17) is 4.74 Å². The third-order valence-electron chi connectivity index (χ3n) is 4.54. The van der Waals surface area contributed by atoms with E-state index >= 15 is 0 Å². The minimum atomic E-state index is -0.214. The first-order chi connectivity index (χ1) is 11.6. The second kappa shape index (κ2) is 7.11. The number of benzene rings is 1. The Hall–Kier alpha value is -2.25. The predicted molar refractivity (Wildman–Crippen MR) is 88.6 cm³/mol. The van der Waals surface area contributed by atoms with Crippen molar-refractivity contribution in [3.63, 3.8) is 0 Å². The molecule has 2 atom stereocenters. The highest BCUT2D eigenvalue weighted by Crippen LogP contribution is 2.20. The molecule has 1 fully saturated rings. The van der Waals surface area contributed by atoms with Crippen LogP contribution in [0.5, 0.6) is 0 Å². The van der Waals surface area contributed by atoms with Crippen LogP contribution in [-0.4, -0.2) is 57.9 Å². The Kier molecular flexibility index (Phi) is 4.92. The molecule has 0 radical (unpaired) electrons. The molecule has 1 aliphatic rings. The van der Waals surface area contributed by atoms with Crippen LogP contribution in [0.2, 0.25) is 0 Å². The number of carbonyl (C=O) groups excluding carboxylic acids is 1. The van der Waals surface area contributed by atoms with Gasteiger partial charge < -0.3 is 14.7 Å². The zero-order valence-corrected chi connectivity index (χ0v) is 13.6. The number of ether oxygens (including phenoxy) is 1. The molecule has 0 saturated carbocycles. The maximum atomic E-state index is 12.4. The summed E-state index contributed by atoms with van der Waals surface area (Å²) in [4.78, 5) is 30.8. The van der Waals surface area contributed by atoms with Crippen LogP contribution in [0.3, 0.4) is 0 Å². The van der Waals surface area contributed by atoms with E-state index in [0.717, 1.165) is 0 Å². The molecule has 2 heterocycles. The number of carbonyl (C=O) groups is 1. The van der Waals surface area contributed by atoms with Crippen LogP contribution in [0.25, 0.3) is 10.9 Å². The molecule has 1 aromatic heterocycles. The maximum absolute atomic E-state index is 12.4. The number of likely N-dealkylation sites (tertiary alicyclic amines) is 1. The van der Waals surface area contributed by atoms with Gasteiger partial charge in [0.1, 0.15) is 0 Å². The smallest absolute Gasteiger partial charge is 0.261 e. The topological polar surface area (TPSA) is 84.7 Å². The molecule has 1 amide bonds. The van der Waals surface area contributed by atoms with Crippen LogP contribution < -0.4 is 5.56 Å². The average Bonchev–Trinajstić information content (AvgIpc) is 3.05. The Morgan fingerprint density at radius 1 is 1.42 bits per heavy atom. The largest absolute Gasteiger partial charge is 0.394 e. The highest BCUT2D eigenvalue weighted by Gasteiger charge is 2.34. The van der Waals surface area contributed by atoms with Crippen molar-refractivity contribution in [3.8, 4) is 0 Å². The van der Waals surface area contributed by atoms with Crippen molar-refractivity contribution < 1.29 is 14.6 Å². The summed E-state index contributed by atoms with van der Waals surface area (Å²) < 4.78 is 6.74. The van der Waals surface area contributed by atoms with Gasteiger partial charge in [-0.05, 0) is 18.6 Å². The number of nitrogens with zero attached hydrogens (tertiary/aromatic N) is 3. The Bertz CT molecular complexity index is 789. The van der Waals surface area contributed by atoms with Crippen molar-refractivity contribution in [2.45, 2.75) is 31.5 Å². The lowest BCUT2D eigenvalue weighted by molar-refractivity contribution is -0.133. The molecule has 1 saturated heterocycles. The highest BCUT2D eigenvalue weighted by atomic mass is 16.5. The summed E-state index contributed by atoms with van der Waals surface area (Å²) in [6.45, 7) is 0.663. The average molecular weight is 331 g/mol. The van der Waals surface area contributed by atoms with Gasteiger partial charge in [-0.25, -0.2) is 4.98 Å². The molecule has 1 N–H and O–H groups in total. The van der Waals surface area contributed by atoms with E-state index in [0.29, 0.717) is 23.9 Å². The molecule has 0 aliphatic carbocycles. The minimum absolute atomic E-state index is 0.0452. The van der Waals surface area contributed by atoms with Crippen molar-refractivity contribution in [2.24, 2.45) is 0 Å². The third-order valence-corrected chi connectivity index (χ3v) is 4.54. The third kappa shape index (κ3) is 3.18. The zero-order valence-electron chi connectivity index (χ0n) is 13.6. The number of hydrogen-bond acceptors (Lipinski definition) is 5. The van der Waals surface area contributed by atoms with Crippen molar-refractivity contribution in [1.29, 1.82) is 0 Å². The van der Waals surface area contributed by atoms with Crippen LogP contribution in [0.4, 0.5) is 0 Å². The number of amides is 1. The molecule has 128 valence electrons. The fourth-order valence-corrected chi connectivity index (χ4v) is 3.15. The number of rotatable bonds is 5. The number of hydrogen-bond donors (Lipinski definition) is 1. The lowest BCUT2D eigenvalue weighted by Gasteiger charge is -2.22. The number of para-hydroxylation sites is 1. The monoisotopic (exact) mass is 331 g/mol. The van der Waals surface area contributed by atoms with Crippen LogP contribution >= 0.6 is 0 Å². The molecule has 7 heteroatoms. The summed E-state index contributed by atoms with van der Waals surface area (Å²) >= 11 is 0. The Labute approximate surface area is 139 Å². The van der Waals surface area contributed by atoms with E-state index < -0.39 is 0 Å². The van der Waals surface area contributed by atoms with E-state index in [-0.39, 0.29) is 43.2 Å². The first kappa shape index (κ1) is 16.6. The summed E-state index contributed by atoms with van der Waals surface area (Å²) in [7, 11) is 1.60. The number of aliphatic hydroxyl groups is 1. The standard InChI is InChI=1S/C17H21N3O4/c1-24-13-8-12(10-21)20(9-13)16(22)6-7-19-11-18-15-5-3-2-4-14(15)17(19)23/h2-5,11-13,21H,6-10H2,1H3/t12-,13-/m0/s1. The second-order valence-corrected chi connectivity index (χ2v) is 5.99. The Balaban J connectivity index is 1.70. The summed E-state index contributed by atoms with van der Waals surface area (Å²) in [6.07, 6.45) is 2.25. The summed E-state index contributed by atoms with van der Waals surface area (Å²) in [6, 6.07) is 6.93. The van der Waals surface area contributed by atoms with E-state index in [1.807, 2.05) is 6.07 Å². The molecule has 2 aromatic rings. The Morgan fingerprint density at radius 3 is 2.96 bits per heavy atom. The number of methoxy groups -OCH3 is 1. The summed E-state index contributed by atoms with van der Waals surface area (Å²) in [5.74, 6) is -0.0892. The van der Waals surface area contributed by atoms with Gasteiger partial charge in [0, 0.05) is 26.6 Å². The molecule has 0 spiro atoms. The van der Waals surface area contributed by atoms with Crippen molar-refractivity contribution >= 4 is 16.8 Å². The molecular weight excluding hydrogens is 310 g/mol. The quantitative estimate of drug-likeness (QED) is 0.857. The molecule has 1 aliphatic heterocycles. The lowest BCUT2D eigenvalue weighted by Crippen LogP contribution is -2.38. The van der Waals surface area contributed by atoms with Gasteiger partial charge in [-0.15, -0.1) is 0 Å². The van der Waals surface area contributed by atoms with Crippen molar-refractivity contribution in [2.75, 3.05) is 20.3 Å². The van der Waals surface area contributed by atoms with E-state index in [1.165, 1.54) is 10.9 Å². The molecule has 24 heavy (non-hydrogen) atoms. The van der Waals surface area contributed by atoms with Crippen molar-refractivity contribution in [1.82, 2.24) is 14.5 Å². The number of aromatic nitrogens is 2. The minimum Gasteiger partial charge on any atom is -0.394 e. The van der Waals surface area contributed by atoms with Gasteiger partial charge in [0.2, 0.25) is 5.91 Å². The number of aliphatic hydroxyl groups excluding tert-OH is 1. The van der Waals surface area contributed by atoms with E-state index in [1.54, 1.807) is 30.2 Å². The van der Waals surface area contributed by atoms with Crippen LogP contribution in [-0.2, 0) is 16.1 Å². The highest BCUT2D eigenvalue weighted by molar-refractivity contribution is 5.78. The predicted octanol–water partition coefficient (Wildman–Crippen LogP) is 0.395. The van der Waals surface area contributed by atoms with Crippen molar-refractivity contribution in [3.05, 3.63) is 40.9 Å². The van der Waals surface area contributed by atoms with Gasteiger partial charge in [-0.2, -0.15) is 0 Å². The first-order valence-corrected chi connectivity index (χ1v) is 8.01. The van der Waals surface area contributed by atoms with Gasteiger partial charge in [-0.3, -0.25) is 14.2 Å². The molecule has 0 bridgehead atoms. The molecular formula is C17H21N3O4. The van der Waals surface area contributed by atoms with Gasteiger partial charge in [0.15, 0.2) is 0 Å². The fourth-order valence-electron chi connectivity index (χ4n) is 3.15. The molecule has 7 nitrogen and oxygen atoms in total. The summed E-state index contributed by atoms with van der Waals surface area (Å²) in [5, 5.41) is 9.97.